The topological polar surface area (TPSA) is 49.3 Å². The molecule has 0 bridgehead atoms. The van der Waals surface area contributed by atoms with Crippen molar-refractivity contribution in [3.8, 4) is 11.4 Å². The number of benzene rings is 1. The van der Waals surface area contributed by atoms with Gasteiger partial charge in [-0.15, -0.1) is 0 Å². The standard InChI is InChI=1S/C19H26N4O/c1-7-22(5)19(24)16-12-20-17(15-10-8-9-14(4)11-15)21-18(16)23(6)13(2)3/h8-13H,7H2,1-6H3. The van der Waals surface area contributed by atoms with Gasteiger partial charge in [0.1, 0.15) is 11.4 Å². The second-order valence-corrected chi connectivity index (χ2v) is 6.32. The van der Waals surface area contributed by atoms with E-state index >= 15 is 0 Å². The molecular formula is C19H26N4O. The number of anilines is 1. The molecule has 2 aromatic rings. The molecule has 1 aromatic heterocycles. The van der Waals surface area contributed by atoms with Crippen molar-refractivity contribution in [1.29, 1.82) is 0 Å². The van der Waals surface area contributed by atoms with Gasteiger partial charge >= 0.3 is 0 Å². The number of rotatable bonds is 5. The van der Waals surface area contributed by atoms with Crippen molar-refractivity contribution in [2.75, 3.05) is 25.5 Å². The van der Waals surface area contributed by atoms with Gasteiger partial charge in [0.15, 0.2) is 5.82 Å². The van der Waals surface area contributed by atoms with E-state index in [-0.39, 0.29) is 11.9 Å². The van der Waals surface area contributed by atoms with E-state index in [4.69, 9.17) is 4.98 Å². The van der Waals surface area contributed by atoms with E-state index in [1.165, 1.54) is 0 Å². The van der Waals surface area contributed by atoms with Crippen LogP contribution in [0.15, 0.2) is 30.5 Å². The van der Waals surface area contributed by atoms with Crippen LogP contribution in [0.25, 0.3) is 11.4 Å². The van der Waals surface area contributed by atoms with Crippen LogP contribution in [-0.2, 0) is 0 Å². The van der Waals surface area contributed by atoms with Crippen LogP contribution in [0.5, 0.6) is 0 Å². The fourth-order valence-electron chi connectivity index (χ4n) is 2.31. The highest BCUT2D eigenvalue weighted by Crippen LogP contribution is 2.24. The van der Waals surface area contributed by atoms with Gasteiger partial charge < -0.3 is 9.80 Å². The summed E-state index contributed by atoms with van der Waals surface area (Å²) in [5.74, 6) is 1.24. The average Bonchev–Trinajstić information content (AvgIpc) is 2.59. The zero-order valence-corrected chi connectivity index (χ0v) is 15.4. The van der Waals surface area contributed by atoms with Crippen LogP contribution >= 0.6 is 0 Å². The Bertz CT molecular complexity index is 727. The lowest BCUT2D eigenvalue weighted by molar-refractivity contribution is 0.0802. The zero-order valence-electron chi connectivity index (χ0n) is 15.4. The van der Waals surface area contributed by atoms with Crippen molar-refractivity contribution in [2.24, 2.45) is 0 Å². The Morgan fingerprint density at radius 1 is 1.25 bits per heavy atom. The third kappa shape index (κ3) is 3.72. The number of hydrogen-bond donors (Lipinski definition) is 0. The first-order valence-corrected chi connectivity index (χ1v) is 8.27. The van der Waals surface area contributed by atoms with Crippen LogP contribution in [0.4, 0.5) is 5.82 Å². The lowest BCUT2D eigenvalue weighted by Crippen LogP contribution is -2.32. The molecule has 1 aromatic carbocycles. The lowest BCUT2D eigenvalue weighted by Gasteiger charge is -2.26. The first kappa shape index (κ1) is 17.9. The summed E-state index contributed by atoms with van der Waals surface area (Å²) in [4.78, 5) is 25.5. The first-order chi connectivity index (χ1) is 11.3. The largest absolute Gasteiger partial charge is 0.356 e. The minimum Gasteiger partial charge on any atom is -0.356 e. The fraction of sp³-hybridized carbons (Fsp3) is 0.421. The number of nitrogens with zero attached hydrogens (tertiary/aromatic N) is 4. The van der Waals surface area contributed by atoms with Crippen LogP contribution in [0.1, 0.15) is 36.7 Å². The van der Waals surface area contributed by atoms with E-state index in [2.05, 4.69) is 18.8 Å². The third-order valence-electron chi connectivity index (χ3n) is 4.21. The Hall–Kier alpha value is -2.43. The van der Waals surface area contributed by atoms with Crippen LogP contribution < -0.4 is 4.90 Å². The van der Waals surface area contributed by atoms with Crippen molar-refractivity contribution >= 4 is 11.7 Å². The molecule has 1 heterocycles. The maximum absolute atomic E-state index is 12.6. The Morgan fingerprint density at radius 3 is 2.54 bits per heavy atom. The van der Waals surface area contributed by atoms with Gasteiger partial charge in [0.2, 0.25) is 0 Å². The van der Waals surface area contributed by atoms with E-state index in [9.17, 15) is 4.79 Å². The molecule has 2 rings (SSSR count). The second kappa shape index (κ2) is 7.43. The normalized spacial score (nSPS) is 10.8. The van der Waals surface area contributed by atoms with Crippen molar-refractivity contribution in [2.45, 2.75) is 33.7 Å². The number of amides is 1. The minimum atomic E-state index is -0.0595. The summed E-state index contributed by atoms with van der Waals surface area (Å²) in [5.41, 5.74) is 2.64. The molecule has 0 radical (unpaired) electrons. The Kier molecular flexibility index (Phi) is 5.54. The van der Waals surface area contributed by atoms with E-state index in [1.54, 1.807) is 18.1 Å². The number of hydrogen-bond acceptors (Lipinski definition) is 4. The molecule has 24 heavy (non-hydrogen) atoms. The van der Waals surface area contributed by atoms with Gasteiger partial charge in [-0.1, -0.05) is 23.8 Å². The van der Waals surface area contributed by atoms with Gasteiger partial charge in [-0.3, -0.25) is 4.79 Å². The highest BCUT2D eigenvalue weighted by molar-refractivity contribution is 5.98. The van der Waals surface area contributed by atoms with Crippen LogP contribution in [0.2, 0.25) is 0 Å². The lowest BCUT2D eigenvalue weighted by atomic mass is 10.1. The molecule has 0 saturated carbocycles. The van der Waals surface area contributed by atoms with Gasteiger partial charge in [-0.2, -0.15) is 0 Å². The predicted molar refractivity (Wildman–Crippen MR) is 98.4 cm³/mol. The average molecular weight is 326 g/mol. The molecule has 0 aliphatic rings. The molecule has 0 fully saturated rings. The molecule has 0 aliphatic carbocycles. The van der Waals surface area contributed by atoms with E-state index < -0.39 is 0 Å². The summed E-state index contributed by atoms with van der Waals surface area (Å²) < 4.78 is 0. The molecule has 0 spiro atoms. The second-order valence-electron chi connectivity index (χ2n) is 6.32. The molecule has 5 nitrogen and oxygen atoms in total. The molecule has 0 atom stereocenters. The molecule has 128 valence electrons. The maximum Gasteiger partial charge on any atom is 0.258 e. The zero-order chi connectivity index (χ0) is 17.9. The summed E-state index contributed by atoms with van der Waals surface area (Å²) in [6.07, 6.45) is 1.65. The Morgan fingerprint density at radius 2 is 1.96 bits per heavy atom. The van der Waals surface area contributed by atoms with Gasteiger partial charge in [-0.05, 0) is 33.8 Å². The van der Waals surface area contributed by atoms with Crippen LogP contribution in [-0.4, -0.2) is 47.5 Å². The molecule has 5 heteroatoms. The summed E-state index contributed by atoms with van der Waals surface area (Å²) >= 11 is 0. The van der Waals surface area contributed by atoms with E-state index in [1.807, 2.05) is 50.1 Å². The minimum absolute atomic E-state index is 0.0595. The van der Waals surface area contributed by atoms with Gasteiger partial charge in [-0.25, -0.2) is 9.97 Å². The summed E-state index contributed by atoms with van der Waals surface area (Å²) in [5, 5.41) is 0. The SMILES string of the molecule is CCN(C)C(=O)c1cnc(-c2cccc(C)c2)nc1N(C)C(C)C. The highest BCUT2D eigenvalue weighted by Gasteiger charge is 2.21. The van der Waals surface area contributed by atoms with Crippen molar-refractivity contribution in [1.82, 2.24) is 14.9 Å². The van der Waals surface area contributed by atoms with Gasteiger partial charge in [0.25, 0.3) is 5.91 Å². The van der Waals surface area contributed by atoms with Gasteiger partial charge in [0, 0.05) is 38.4 Å². The molecule has 0 aliphatic heterocycles. The molecule has 0 saturated heterocycles. The van der Waals surface area contributed by atoms with Crippen molar-refractivity contribution < 1.29 is 4.79 Å². The van der Waals surface area contributed by atoms with Crippen molar-refractivity contribution in [3.05, 3.63) is 41.6 Å². The summed E-state index contributed by atoms with van der Waals surface area (Å²) in [6.45, 7) is 8.78. The molecule has 1 amide bonds. The molecular weight excluding hydrogens is 300 g/mol. The number of aryl methyl sites for hydroxylation is 1. The summed E-state index contributed by atoms with van der Waals surface area (Å²) in [7, 11) is 3.74. The predicted octanol–water partition coefficient (Wildman–Crippen LogP) is 3.39. The number of aromatic nitrogens is 2. The molecule has 0 unspecified atom stereocenters. The van der Waals surface area contributed by atoms with Crippen LogP contribution in [0, 0.1) is 6.92 Å². The number of carbonyl (C=O) groups excluding carboxylic acids is 1. The fourth-order valence-corrected chi connectivity index (χ4v) is 2.31. The quantitative estimate of drug-likeness (QED) is 0.845. The van der Waals surface area contributed by atoms with E-state index in [0.29, 0.717) is 23.8 Å². The number of carbonyl (C=O) groups is 1. The third-order valence-corrected chi connectivity index (χ3v) is 4.21. The Balaban J connectivity index is 2.56. The van der Waals surface area contributed by atoms with Crippen LogP contribution in [0.3, 0.4) is 0 Å². The highest BCUT2D eigenvalue weighted by atomic mass is 16.2. The van der Waals surface area contributed by atoms with Gasteiger partial charge in [0.05, 0.1) is 0 Å². The molecule has 0 N–H and O–H groups in total. The summed E-state index contributed by atoms with van der Waals surface area (Å²) in [6, 6.07) is 8.29. The monoisotopic (exact) mass is 326 g/mol. The maximum atomic E-state index is 12.6. The first-order valence-electron chi connectivity index (χ1n) is 8.27. The smallest absolute Gasteiger partial charge is 0.258 e. The Labute approximate surface area is 144 Å². The van der Waals surface area contributed by atoms with E-state index in [0.717, 1.165) is 11.1 Å². The van der Waals surface area contributed by atoms with Crippen molar-refractivity contribution in [3.63, 3.8) is 0 Å².